The van der Waals surface area contributed by atoms with Gasteiger partial charge in [0.25, 0.3) is 0 Å². The lowest BCUT2D eigenvalue weighted by molar-refractivity contribution is 0.0962. The molecule has 0 radical (unpaired) electrons. The van der Waals surface area contributed by atoms with Gasteiger partial charge < -0.3 is 14.8 Å². The average molecular weight is 267 g/mol. The highest BCUT2D eigenvalue weighted by atomic mass is 19.1. The van der Waals surface area contributed by atoms with E-state index < -0.39 is 0 Å². The molecule has 0 aliphatic carbocycles. The van der Waals surface area contributed by atoms with Crippen LogP contribution in [0.15, 0.2) is 18.2 Å². The van der Waals surface area contributed by atoms with Gasteiger partial charge in [0.2, 0.25) is 0 Å². The van der Waals surface area contributed by atoms with Crippen LogP contribution >= 0.6 is 0 Å². The topological polar surface area (TPSA) is 30.5 Å². The van der Waals surface area contributed by atoms with Crippen LogP contribution in [0.1, 0.15) is 18.9 Å². The van der Waals surface area contributed by atoms with Crippen LogP contribution < -0.4 is 10.1 Å². The van der Waals surface area contributed by atoms with Crippen molar-refractivity contribution in [2.45, 2.75) is 31.9 Å². The van der Waals surface area contributed by atoms with Gasteiger partial charge in [-0.2, -0.15) is 0 Å². The van der Waals surface area contributed by atoms with Crippen LogP contribution in [0, 0.1) is 11.7 Å². The first kappa shape index (κ1) is 14.3. The molecule has 3 unspecified atom stereocenters. The normalized spacial score (nSPS) is 24.4. The molecule has 1 aliphatic rings. The van der Waals surface area contributed by atoms with Gasteiger partial charge in [-0.3, -0.25) is 0 Å². The summed E-state index contributed by atoms with van der Waals surface area (Å²) in [6, 6.07) is 5.52. The van der Waals surface area contributed by atoms with Crippen LogP contribution in [-0.4, -0.2) is 32.9 Å². The zero-order valence-electron chi connectivity index (χ0n) is 11.8. The summed E-state index contributed by atoms with van der Waals surface area (Å²) in [5.41, 5.74) is 0.692. The number of rotatable bonds is 5. The van der Waals surface area contributed by atoms with Crippen molar-refractivity contribution < 1.29 is 13.9 Å². The van der Waals surface area contributed by atoms with Gasteiger partial charge in [0, 0.05) is 18.6 Å². The van der Waals surface area contributed by atoms with Crippen LogP contribution in [0.25, 0.3) is 0 Å². The second-order valence-corrected chi connectivity index (χ2v) is 5.06. The minimum Gasteiger partial charge on any atom is -0.494 e. The first-order chi connectivity index (χ1) is 9.17. The van der Waals surface area contributed by atoms with Crippen molar-refractivity contribution in [3.63, 3.8) is 0 Å². The minimum atomic E-state index is -0.253. The Morgan fingerprint density at radius 1 is 1.53 bits per heavy atom. The SMILES string of the molecule is CNC(Cc1cccc(OC)c1F)C1CCOC1C. The molecule has 0 bridgehead atoms. The molecule has 1 N–H and O–H groups in total. The van der Waals surface area contributed by atoms with Gasteiger partial charge in [-0.1, -0.05) is 12.1 Å². The summed E-state index contributed by atoms with van der Waals surface area (Å²) >= 11 is 0. The third-order valence-corrected chi connectivity index (χ3v) is 4.03. The molecule has 0 saturated carbocycles. The molecule has 0 aromatic heterocycles. The van der Waals surface area contributed by atoms with E-state index in [1.807, 2.05) is 19.2 Å². The number of halogens is 1. The fourth-order valence-corrected chi connectivity index (χ4v) is 2.85. The molecule has 1 fully saturated rings. The van der Waals surface area contributed by atoms with Crippen LogP contribution in [0.2, 0.25) is 0 Å². The minimum absolute atomic E-state index is 0.221. The molecule has 19 heavy (non-hydrogen) atoms. The van der Waals surface area contributed by atoms with Gasteiger partial charge in [0.1, 0.15) is 0 Å². The maximum Gasteiger partial charge on any atom is 0.168 e. The predicted octanol–water partition coefficient (Wildman–Crippen LogP) is 2.39. The Labute approximate surface area is 114 Å². The zero-order chi connectivity index (χ0) is 13.8. The van der Waals surface area contributed by atoms with Crippen molar-refractivity contribution in [2.75, 3.05) is 20.8 Å². The molecule has 2 rings (SSSR count). The zero-order valence-corrected chi connectivity index (χ0v) is 11.8. The quantitative estimate of drug-likeness (QED) is 0.888. The fourth-order valence-electron chi connectivity index (χ4n) is 2.85. The van der Waals surface area contributed by atoms with E-state index in [1.54, 1.807) is 6.07 Å². The predicted molar refractivity (Wildman–Crippen MR) is 73.0 cm³/mol. The van der Waals surface area contributed by atoms with Gasteiger partial charge in [0.05, 0.1) is 13.2 Å². The maximum absolute atomic E-state index is 14.2. The van der Waals surface area contributed by atoms with Crippen LogP contribution in [0.3, 0.4) is 0 Å². The molecule has 1 heterocycles. The van der Waals surface area contributed by atoms with Crippen molar-refractivity contribution in [3.8, 4) is 5.75 Å². The van der Waals surface area contributed by atoms with Crippen LogP contribution in [0.5, 0.6) is 5.75 Å². The Bertz CT molecular complexity index is 425. The molecular formula is C15H22FNO2. The first-order valence-electron chi connectivity index (χ1n) is 6.77. The van der Waals surface area contributed by atoms with Crippen LogP contribution in [0.4, 0.5) is 4.39 Å². The first-order valence-corrected chi connectivity index (χ1v) is 6.77. The highest BCUT2D eigenvalue weighted by Gasteiger charge is 2.31. The number of hydrogen-bond donors (Lipinski definition) is 1. The fraction of sp³-hybridized carbons (Fsp3) is 0.600. The van der Waals surface area contributed by atoms with E-state index in [4.69, 9.17) is 9.47 Å². The highest BCUT2D eigenvalue weighted by molar-refractivity contribution is 5.31. The summed E-state index contributed by atoms with van der Waals surface area (Å²) < 4.78 is 24.8. The number of likely N-dealkylation sites (N-methyl/N-ethyl adjacent to an activating group) is 1. The van der Waals surface area contributed by atoms with E-state index >= 15 is 0 Å². The van der Waals surface area contributed by atoms with Gasteiger partial charge in [-0.05, 0) is 38.4 Å². The lowest BCUT2D eigenvalue weighted by Gasteiger charge is -2.25. The Morgan fingerprint density at radius 2 is 2.32 bits per heavy atom. The lowest BCUT2D eigenvalue weighted by Crippen LogP contribution is -2.39. The third-order valence-electron chi connectivity index (χ3n) is 4.03. The van der Waals surface area contributed by atoms with Crippen molar-refractivity contribution in [1.82, 2.24) is 5.32 Å². The number of methoxy groups -OCH3 is 1. The van der Waals surface area contributed by atoms with E-state index in [0.29, 0.717) is 23.7 Å². The van der Waals surface area contributed by atoms with Crippen LogP contribution in [-0.2, 0) is 11.2 Å². The third kappa shape index (κ3) is 3.07. The molecule has 0 amide bonds. The van der Waals surface area contributed by atoms with Crippen molar-refractivity contribution >= 4 is 0 Å². The summed E-state index contributed by atoms with van der Waals surface area (Å²) in [4.78, 5) is 0. The van der Waals surface area contributed by atoms with Crippen molar-refractivity contribution in [1.29, 1.82) is 0 Å². The molecular weight excluding hydrogens is 245 g/mol. The van der Waals surface area contributed by atoms with E-state index in [9.17, 15) is 4.39 Å². The Balaban J connectivity index is 2.14. The van der Waals surface area contributed by atoms with E-state index in [2.05, 4.69) is 12.2 Å². The van der Waals surface area contributed by atoms with Gasteiger partial charge in [0.15, 0.2) is 11.6 Å². The van der Waals surface area contributed by atoms with E-state index in [1.165, 1.54) is 7.11 Å². The molecule has 3 nitrogen and oxygen atoms in total. The molecule has 1 aromatic rings. The largest absolute Gasteiger partial charge is 0.494 e. The Kier molecular flexibility index (Phi) is 4.77. The standard InChI is InChI=1S/C15H22FNO2/c1-10-12(7-8-19-10)13(17-2)9-11-5-4-6-14(18-3)15(11)16/h4-6,10,12-13,17H,7-9H2,1-3H3. The summed E-state index contributed by atoms with van der Waals surface area (Å²) in [6.45, 7) is 2.88. The van der Waals surface area contributed by atoms with Gasteiger partial charge in [-0.15, -0.1) is 0 Å². The summed E-state index contributed by atoms with van der Waals surface area (Å²) in [5, 5.41) is 3.30. The number of nitrogens with one attached hydrogen (secondary N) is 1. The van der Waals surface area contributed by atoms with E-state index in [0.717, 1.165) is 13.0 Å². The number of benzene rings is 1. The highest BCUT2D eigenvalue weighted by Crippen LogP contribution is 2.28. The second kappa shape index (κ2) is 6.35. The monoisotopic (exact) mass is 267 g/mol. The maximum atomic E-state index is 14.2. The molecule has 106 valence electrons. The second-order valence-electron chi connectivity index (χ2n) is 5.06. The molecule has 1 saturated heterocycles. The molecule has 1 aromatic carbocycles. The van der Waals surface area contributed by atoms with Gasteiger partial charge in [-0.25, -0.2) is 4.39 Å². The number of ether oxygens (including phenoxy) is 2. The Morgan fingerprint density at radius 3 is 2.89 bits per heavy atom. The average Bonchev–Trinajstić information content (AvgIpc) is 2.84. The summed E-state index contributed by atoms with van der Waals surface area (Å²) in [6.07, 6.45) is 1.90. The summed E-state index contributed by atoms with van der Waals surface area (Å²) in [7, 11) is 3.42. The van der Waals surface area contributed by atoms with Gasteiger partial charge >= 0.3 is 0 Å². The Hall–Kier alpha value is -1.13. The van der Waals surface area contributed by atoms with Crippen molar-refractivity contribution in [2.24, 2.45) is 5.92 Å². The molecule has 0 spiro atoms. The summed E-state index contributed by atoms with van der Waals surface area (Å²) in [5.74, 6) is 0.482. The molecule has 4 heteroatoms. The smallest absolute Gasteiger partial charge is 0.168 e. The molecule has 1 aliphatic heterocycles. The van der Waals surface area contributed by atoms with E-state index in [-0.39, 0.29) is 18.0 Å². The molecule has 3 atom stereocenters. The number of hydrogen-bond acceptors (Lipinski definition) is 3. The van der Waals surface area contributed by atoms with Crippen molar-refractivity contribution in [3.05, 3.63) is 29.6 Å². The lowest BCUT2D eigenvalue weighted by atomic mass is 9.89.